The number of hydrogen-bond donors (Lipinski definition) is 1. The maximum absolute atomic E-state index is 5.47. The van der Waals surface area contributed by atoms with Gasteiger partial charge < -0.3 is 10.2 Å². The SMILES string of the molecule is CCN1C2=CN(c3ccccc3)/C1=N/c1nc(cn1-c1ccccc1)C(C)(C)C1=CN(c3ccccc3)/C(=N/c3nc(cn3-c3ccccc3)C2(C)C)N1. The fourth-order valence-electron chi connectivity index (χ4n) is 7.29. The predicted molar refractivity (Wildman–Crippen MR) is 217 cm³/mol. The standard InChI is InChI=1S/C44H42N10/c1-6-50-38-30-54(34-25-17-10-18-26-34)42(50)49-41-46-36(28-53(41)33-23-15-9-16-24-33)43(2,3)35-27-51(31-19-11-7-12-20-31)39(45-35)48-40-47-37(44(38,4)5)29-52(40)32-21-13-8-14-22-32/h7-30H,6H2,1-5H3,(H,45,47,48)/b49-42+. The van der Waals surface area contributed by atoms with Crippen molar-refractivity contribution in [3.05, 3.63) is 169 Å². The topological polar surface area (TPSA) is 82.1 Å². The number of nitrogens with zero attached hydrogens (tertiary/aromatic N) is 9. The van der Waals surface area contributed by atoms with Crippen LogP contribution >= 0.6 is 0 Å². The summed E-state index contributed by atoms with van der Waals surface area (Å²) in [4.78, 5) is 28.0. The number of likely N-dealkylation sites (N-methyl/N-ethyl adjacent to an activating group) is 1. The molecule has 5 heterocycles. The molecule has 0 spiro atoms. The fraction of sp³-hybridized carbons (Fsp3) is 0.182. The molecule has 9 rings (SSSR count). The zero-order valence-electron chi connectivity index (χ0n) is 31.1. The molecule has 6 aromatic rings. The van der Waals surface area contributed by atoms with Crippen molar-refractivity contribution in [2.75, 3.05) is 16.3 Å². The summed E-state index contributed by atoms with van der Waals surface area (Å²) < 4.78 is 4.18. The molecule has 0 atom stereocenters. The number of benzene rings is 4. The Morgan fingerprint density at radius 3 is 1.52 bits per heavy atom. The van der Waals surface area contributed by atoms with E-state index in [0.717, 1.165) is 51.5 Å². The van der Waals surface area contributed by atoms with Crippen LogP contribution in [0.5, 0.6) is 0 Å². The molecule has 0 saturated carbocycles. The molecule has 3 aliphatic rings. The van der Waals surface area contributed by atoms with Gasteiger partial charge in [0.05, 0.1) is 22.2 Å². The number of aliphatic imine (C=N–C) groups is 2. The van der Waals surface area contributed by atoms with Gasteiger partial charge in [-0.2, -0.15) is 9.98 Å². The molecule has 0 radical (unpaired) electrons. The van der Waals surface area contributed by atoms with Gasteiger partial charge in [-0.25, -0.2) is 9.97 Å². The number of hydrogen-bond acceptors (Lipinski definition) is 8. The normalized spacial score (nSPS) is 19.0. The van der Waals surface area contributed by atoms with E-state index < -0.39 is 10.8 Å². The van der Waals surface area contributed by atoms with Gasteiger partial charge in [-0.3, -0.25) is 18.9 Å². The molecular formula is C44H42N10. The summed E-state index contributed by atoms with van der Waals surface area (Å²) >= 11 is 0. The predicted octanol–water partition coefficient (Wildman–Crippen LogP) is 8.94. The summed E-state index contributed by atoms with van der Waals surface area (Å²) in [5, 5.41) is 3.71. The highest BCUT2D eigenvalue weighted by Crippen LogP contribution is 2.42. The Morgan fingerprint density at radius 2 is 1.00 bits per heavy atom. The average Bonchev–Trinajstić information content (AvgIpc) is 4.01. The first-order valence-corrected chi connectivity index (χ1v) is 18.4. The third kappa shape index (κ3) is 5.49. The summed E-state index contributed by atoms with van der Waals surface area (Å²) in [6.45, 7) is 11.7. The number of nitrogens with one attached hydrogen (secondary N) is 1. The Kier molecular flexibility index (Phi) is 7.84. The molecular weight excluding hydrogens is 669 g/mol. The molecule has 3 aliphatic heterocycles. The van der Waals surface area contributed by atoms with Crippen molar-refractivity contribution in [2.45, 2.75) is 45.4 Å². The minimum Gasteiger partial charge on any atom is -0.327 e. The molecule has 8 bridgehead atoms. The van der Waals surface area contributed by atoms with Gasteiger partial charge in [-0.15, -0.1) is 0 Å². The lowest BCUT2D eigenvalue weighted by Crippen LogP contribution is -2.39. The zero-order chi connectivity index (χ0) is 37.0. The van der Waals surface area contributed by atoms with E-state index in [-0.39, 0.29) is 0 Å². The Morgan fingerprint density at radius 1 is 0.537 bits per heavy atom. The summed E-state index contributed by atoms with van der Waals surface area (Å²) in [5.74, 6) is 2.57. The van der Waals surface area contributed by atoms with Gasteiger partial charge in [0.2, 0.25) is 23.8 Å². The van der Waals surface area contributed by atoms with Crippen LogP contribution in [0.4, 0.5) is 23.3 Å². The summed E-state index contributed by atoms with van der Waals surface area (Å²) in [5.41, 5.74) is 6.53. The molecule has 10 heteroatoms. The monoisotopic (exact) mass is 710 g/mol. The van der Waals surface area contributed by atoms with Crippen molar-refractivity contribution in [3.8, 4) is 11.4 Å². The van der Waals surface area contributed by atoms with Crippen LogP contribution in [0.15, 0.2) is 167 Å². The van der Waals surface area contributed by atoms with Crippen molar-refractivity contribution in [2.24, 2.45) is 9.98 Å². The summed E-state index contributed by atoms with van der Waals surface area (Å²) in [7, 11) is 0. The molecule has 2 aromatic heterocycles. The fourth-order valence-corrected chi connectivity index (χ4v) is 7.29. The van der Waals surface area contributed by atoms with Gasteiger partial charge >= 0.3 is 0 Å². The van der Waals surface area contributed by atoms with Gasteiger partial charge in [-0.1, -0.05) is 72.8 Å². The first-order valence-electron chi connectivity index (χ1n) is 18.4. The highest BCUT2D eigenvalue weighted by molar-refractivity contribution is 6.04. The molecule has 54 heavy (non-hydrogen) atoms. The van der Waals surface area contributed by atoms with Gasteiger partial charge in [-0.05, 0) is 83.1 Å². The Labute approximate surface area is 315 Å². The van der Waals surface area contributed by atoms with Crippen LogP contribution in [0.2, 0.25) is 0 Å². The maximum atomic E-state index is 5.47. The van der Waals surface area contributed by atoms with E-state index in [0.29, 0.717) is 24.4 Å². The molecule has 0 amide bonds. The van der Waals surface area contributed by atoms with Crippen molar-refractivity contribution in [1.29, 1.82) is 0 Å². The number of aromatic nitrogens is 4. The van der Waals surface area contributed by atoms with Gasteiger partial charge in [0.1, 0.15) is 0 Å². The van der Waals surface area contributed by atoms with Crippen molar-refractivity contribution >= 4 is 35.2 Å². The summed E-state index contributed by atoms with van der Waals surface area (Å²) in [6, 6.07) is 41.2. The second kappa shape index (κ2) is 12.8. The van der Waals surface area contributed by atoms with Crippen LogP contribution in [0.3, 0.4) is 0 Å². The van der Waals surface area contributed by atoms with Gasteiger partial charge in [0.25, 0.3) is 0 Å². The highest BCUT2D eigenvalue weighted by atomic mass is 15.4. The minimum atomic E-state index is -0.582. The van der Waals surface area contributed by atoms with Gasteiger partial charge in [0.15, 0.2) is 0 Å². The molecule has 4 aromatic carbocycles. The third-order valence-corrected chi connectivity index (χ3v) is 10.6. The molecule has 10 nitrogen and oxygen atoms in total. The smallest absolute Gasteiger partial charge is 0.237 e. The van der Waals surface area contributed by atoms with Crippen LogP contribution in [-0.2, 0) is 10.8 Å². The molecule has 0 aliphatic carbocycles. The molecule has 1 N–H and O–H groups in total. The number of guanidine groups is 2. The molecule has 0 unspecified atom stereocenters. The van der Waals surface area contributed by atoms with E-state index in [2.05, 4.69) is 149 Å². The van der Waals surface area contributed by atoms with Gasteiger partial charge in [0, 0.05) is 65.5 Å². The number of anilines is 2. The molecule has 0 fully saturated rings. The van der Waals surface area contributed by atoms with E-state index in [1.165, 1.54) is 0 Å². The Balaban J connectivity index is 1.33. The molecule has 268 valence electrons. The highest BCUT2D eigenvalue weighted by Gasteiger charge is 2.42. The first-order chi connectivity index (χ1) is 26.2. The number of rotatable bonds is 5. The van der Waals surface area contributed by atoms with Crippen molar-refractivity contribution in [1.82, 2.24) is 29.3 Å². The second-order valence-corrected chi connectivity index (χ2v) is 14.7. The second-order valence-electron chi connectivity index (χ2n) is 14.7. The van der Waals surface area contributed by atoms with Crippen LogP contribution in [-0.4, -0.2) is 42.5 Å². The number of fused-ring (bicyclic) bond motifs is 8. The van der Waals surface area contributed by atoms with E-state index in [1.807, 2.05) is 60.7 Å². The minimum absolute atomic E-state index is 0.568. The summed E-state index contributed by atoms with van der Waals surface area (Å²) in [6.07, 6.45) is 8.57. The number of allylic oxidation sites excluding steroid dienone is 2. The average molecular weight is 711 g/mol. The van der Waals surface area contributed by atoms with Crippen LogP contribution in [0.25, 0.3) is 11.4 Å². The van der Waals surface area contributed by atoms with Crippen LogP contribution in [0.1, 0.15) is 46.0 Å². The largest absolute Gasteiger partial charge is 0.327 e. The first kappa shape index (κ1) is 33.2. The molecule has 0 saturated heterocycles. The lowest BCUT2D eigenvalue weighted by atomic mass is 9.85. The van der Waals surface area contributed by atoms with E-state index in [1.54, 1.807) is 0 Å². The van der Waals surface area contributed by atoms with E-state index in [4.69, 9.17) is 20.0 Å². The Bertz CT molecular complexity index is 2450. The number of para-hydroxylation sites is 4. The zero-order valence-corrected chi connectivity index (χ0v) is 31.1. The quantitative estimate of drug-likeness (QED) is 0.193. The van der Waals surface area contributed by atoms with Crippen LogP contribution in [0, 0.1) is 0 Å². The third-order valence-electron chi connectivity index (χ3n) is 10.6. The van der Waals surface area contributed by atoms with E-state index >= 15 is 0 Å². The Hall–Kier alpha value is -6.68. The van der Waals surface area contributed by atoms with Crippen LogP contribution < -0.4 is 15.1 Å². The maximum Gasteiger partial charge on any atom is 0.237 e. The van der Waals surface area contributed by atoms with E-state index in [9.17, 15) is 0 Å². The lowest BCUT2D eigenvalue weighted by molar-refractivity contribution is 0.433. The van der Waals surface area contributed by atoms with Crippen molar-refractivity contribution in [3.63, 3.8) is 0 Å². The lowest BCUT2D eigenvalue weighted by Gasteiger charge is -2.31. The van der Waals surface area contributed by atoms with Crippen molar-refractivity contribution < 1.29 is 0 Å². The number of imidazole rings is 2.